The molecular weight excluding hydrogens is 365 g/mol. The van der Waals surface area contributed by atoms with Crippen molar-refractivity contribution in [1.29, 1.82) is 0 Å². The summed E-state index contributed by atoms with van der Waals surface area (Å²) in [5, 5.41) is 1.86. The third kappa shape index (κ3) is 3.88. The fraction of sp³-hybridized carbons (Fsp3) is 0.722. The van der Waals surface area contributed by atoms with Crippen molar-refractivity contribution < 1.29 is 32.3 Å². The van der Waals surface area contributed by atoms with E-state index in [1.54, 1.807) is 6.92 Å². The quantitative estimate of drug-likeness (QED) is 0.725. The summed E-state index contributed by atoms with van der Waals surface area (Å²) in [6, 6.07) is 0. The lowest BCUT2D eigenvalue weighted by atomic mass is 9.86. The van der Waals surface area contributed by atoms with E-state index in [0.717, 1.165) is 18.2 Å². The zero-order valence-corrected chi connectivity index (χ0v) is 15.7. The summed E-state index contributed by atoms with van der Waals surface area (Å²) in [5.41, 5.74) is -4.15. The van der Waals surface area contributed by atoms with Gasteiger partial charge in [-0.25, -0.2) is 0 Å². The minimum absolute atomic E-state index is 0.0793. The van der Waals surface area contributed by atoms with Crippen LogP contribution in [0.4, 0.5) is 13.2 Å². The standard InChI is InChI=1S/C18H25F3N2O4/c1-4-5-8-14(25)22-17(18(19,20)21)15(12(3)24)11(2)23(16(17)26)10-13-7-6-9-27-13/h13H,4-10H2,1-3H3,(H,22,25)/t13-,17+/m0/s1. The number of carbonyl (C=O) groups is 3. The van der Waals surface area contributed by atoms with Crippen molar-refractivity contribution >= 4 is 17.6 Å². The summed E-state index contributed by atoms with van der Waals surface area (Å²) >= 11 is 0. The Balaban J connectivity index is 2.47. The van der Waals surface area contributed by atoms with E-state index in [1.807, 2.05) is 5.32 Å². The van der Waals surface area contributed by atoms with E-state index in [0.29, 0.717) is 25.9 Å². The van der Waals surface area contributed by atoms with Gasteiger partial charge in [0.05, 0.1) is 18.2 Å². The number of ether oxygens (including phenoxy) is 1. The van der Waals surface area contributed by atoms with Gasteiger partial charge in [-0.3, -0.25) is 14.4 Å². The maximum atomic E-state index is 14.1. The number of nitrogens with zero attached hydrogens (tertiary/aromatic N) is 1. The van der Waals surface area contributed by atoms with Gasteiger partial charge in [0, 0.05) is 18.7 Å². The average Bonchev–Trinajstić information content (AvgIpc) is 3.14. The molecule has 0 bridgehead atoms. The third-order valence-corrected chi connectivity index (χ3v) is 4.98. The summed E-state index contributed by atoms with van der Waals surface area (Å²) in [4.78, 5) is 38.1. The number of hydrogen-bond acceptors (Lipinski definition) is 4. The van der Waals surface area contributed by atoms with Crippen LogP contribution in [0.5, 0.6) is 0 Å². The highest BCUT2D eigenvalue weighted by Crippen LogP contribution is 2.45. The number of nitrogens with one attached hydrogen (secondary N) is 1. The molecule has 0 saturated carbocycles. The zero-order valence-electron chi connectivity index (χ0n) is 15.7. The zero-order chi connectivity index (χ0) is 20.4. The molecule has 2 aliphatic rings. The van der Waals surface area contributed by atoms with Crippen LogP contribution < -0.4 is 5.32 Å². The van der Waals surface area contributed by atoms with Gasteiger partial charge < -0.3 is 15.0 Å². The second-order valence-corrected chi connectivity index (χ2v) is 6.97. The maximum absolute atomic E-state index is 14.1. The van der Waals surface area contributed by atoms with Crippen LogP contribution in [0, 0.1) is 0 Å². The molecule has 2 heterocycles. The minimum atomic E-state index is -5.15. The van der Waals surface area contributed by atoms with Gasteiger partial charge in [-0.15, -0.1) is 0 Å². The van der Waals surface area contributed by atoms with Gasteiger partial charge in [-0.05, 0) is 33.1 Å². The molecule has 0 aliphatic carbocycles. The predicted molar refractivity (Wildman–Crippen MR) is 90.5 cm³/mol. The molecule has 2 atom stereocenters. The molecule has 0 unspecified atom stereocenters. The van der Waals surface area contributed by atoms with Gasteiger partial charge in [0.25, 0.3) is 5.91 Å². The van der Waals surface area contributed by atoms with E-state index < -0.39 is 41.0 Å². The maximum Gasteiger partial charge on any atom is 0.425 e. The second kappa shape index (κ2) is 8.00. The molecule has 2 rings (SSSR count). The molecule has 0 spiro atoms. The second-order valence-electron chi connectivity index (χ2n) is 6.97. The van der Waals surface area contributed by atoms with Crippen LogP contribution in [0.1, 0.15) is 52.9 Å². The summed E-state index contributed by atoms with van der Waals surface area (Å²) < 4.78 is 47.8. The van der Waals surface area contributed by atoms with Gasteiger partial charge in [0.15, 0.2) is 5.78 Å². The lowest BCUT2D eigenvalue weighted by Crippen LogP contribution is -2.66. The van der Waals surface area contributed by atoms with Crippen LogP contribution in [-0.2, 0) is 19.1 Å². The van der Waals surface area contributed by atoms with Gasteiger partial charge >= 0.3 is 6.18 Å². The van der Waals surface area contributed by atoms with Crippen LogP contribution in [-0.4, -0.2) is 53.5 Å². The summed E-state index contributed by atoms with van der Waals surface area (Å²) in [6.45, 7) is 4.47. The number of alkyl halides is 3. The molecule has 0 radical (unpaired) electrons. The molecule has 0 aromatic carbocycles. The molecule has 2 aliphatic heterocycles. The Morgan fingerprint density at radius 2 is 2.04 bits per heavy atom. The summed E-state index contributed by atoms with van der Waals surface area (Å²) in [5.74, 6) is -3.16. The lowest BCUT2D eigenvalue weighted by Gasteiger charge is -2.33. The van der Waals surface area contributed by atoms with Gasteiger partial charge in [0.1, 0.15) is 0 Å². The first-order valence-corrected chi connectivity index (χ1v) is 9.09. The molecule has 1 saturated heterocycles. The van der Waals surface area contributed by atoms with Gasteiger partial charge in [-0.2, -0.15) is 13.2 Å². The number of amides is 2. The predicted octanol–water partition coefficient (Wildman–Crippen LogP) is 2.48. The van der Waals surface area contributed by atoms with Crippen LogP contribution in [0.2, 0.25) is 0 Å². The van der Waals surface area contributed by atoms with Crippen molar-refractivity contribution in [2.75, 3.05) is 13.2 Å². The monoisotopic (exact) mass is 390 g/mol. The molecule has 27 heavy (non-hydrogen) atoms. The summed E-state index contributed by atoms with van der Waals surface area (Å²) in [6.07, 6.45) is -3.33. The number of halogens is 3. The van der Waals surface area contributed by atoms with E-state index in [4.69, 9.17) is 4.74 Å². The number of carbonyl (C=O) groups excluding carboxylic acids is 3. The number of ketones is 1. The number of rotatable bonds is 7. The molecule has 0 aromatic rings. The first-order valence-electron chi connectivity index (χ1n) is 9.09. The highest BCUT2D eigenvalue weighted by atomic mass is 19.4. The molecule has 2 amide bonds. The fourth-order valence-electron chi connectivity index (χ4n) is 3.66. The smallest absolute Gasteiger partial charge is 0.376 e. The Labute approximate surface area is 156 Å². The molecule has 1 N–H and O–H groups in total. The van der Waals surface area contributed by atoms with Crippen LogP contribution >= 0.6 is 0 Å². The number of allylic oxidation sites excluding steroid dienone is 1. The van der Waals surface area contributed by atoms with Crippen molar-refractivity contribution in [2.24, 2.45) is 0 Å². The highest BCUT2D eigenvalue weighted by Gasteiger charge is 2.69. The largest absolute Gasteiger partial charge is 0.425 e. The number of hydrogen-bond donors (Lipinski definition) is 1. The van der Waals surface area contributed by atoms with Crippen LogP contribution in [0.3, 0.4) is 0 Å². The average molecular weight is 390 g/mol. The summed E-state index contributed by atoms with van der Waals surface area (Å²) in [7, 11) is 0. The van der Waals surface area contributed by atoms with E-state index in [-0.39, 0.29) is 18.7 Å². The van der Waals surface area contributed by atoms with E-state index in [2.05, 4.69) is 0 Å². The van der Waals surface area contributed by atoms with Crippen molar-refractivity contribution in [3.8, 4) is 0 Å². The lowest BCUT2D eigenvalue weighted by molar-refractivity contribution is -0.194. The van der Waals surface area contributed by atoms with Crippen molar-refractivity contribution in [3.63, 3.8) is 0 Å². The molecule has 9 heteroatoms. The Bertz CT molecular complexity index is 653. The molecule has 6 nitrogen and oxygen atoms in total. The van der Waals surface area contributed by atoms with Gasteiger partial charge in [-0.1, -0.05) is 13.3 Å². The number of Topliss-reactive ketones (excluding diaryl/α,β-unsaturated/α-hetero) is 1. The van der Waals surface area contributed by atoms with Crippen molar-refractivity contribution in [2.45, 2.75) is 70.7 Å². The van der Waals surface area contributed by atoms with Crippen molar-refractivity contribution in [1.82, 2.24) is 10.2 Å². The molecule has 152 valence electrons. The Morgan fingerprint density at radius 3 is 2.52 bits per heavy atom. The first kappa shape index (κ1) is 21.4. The SMILES string of the molecule is CCCCC(=O)N[C@@]1(C(F)(F)F)C(=O)N(C[C@@H]2CCCO2)C(C)=C1C(C)=O. The minimum Gasteiger partial charge on any atom is -0.376 e. The Hall–Kier alpha value is -1.90. The fourth-order valence-corrected chi connectivity index (χ4v) is 3.66. The van der Waals surface area contributed by atoms with Crippen LogP contribution in [0.15, 0.2) is 11.3 Å². The number of unbranched alkanes of at least 4 members (excludes halogenated alkanes) is 1. The normalized spacial score (nSPS) is 26.1. The van der Waals surface area contributed by atoms with E-state index in [1.165, 1.54) is 6.92 Å². The van der Waals surface area contributed by atoms with Crippen LogP contribution in [0.25, 0.3) is 0 Å². The topological polar surface area (TPSA) is 75.7 Å². The van der Waals surface area contributed by atoms with Crippen molar-refractivity contribution in [3.05, 3.63) is 11.3 Å². The Kier molecular flexibility index (Phi) is 6.34. The first-order chi connectivity index (χ1) is 12.6. The van der Waals surface area contributed by atoms with E-state index >= 15 is 0 Å². The highest BCUT2D eigenvalue weighted by molar-refractivity contribution is 6.12. The third-order valence-electron chi connectivity index (χ3n) is 4.98. The molecular formula is C18H25F3N2O4. The van der Waals surface area contributed by atoms with Gasteiger partial charge in [0.2, 0.25) is 11.4 Å². The van der Waals surface area contributed by atoms with E-state index in [9.17, 15) is 27.6 Å². The molecule has 0 aromatic heterocycles. The molecule has 1 fully saturated rings. The Morgan fingerprint density at radius 1 is 1.37 bits per heavy atom.